The van der Waals surface area contributed by atoms with E-state index in [1.807, 2.05) is 44.2 Å². The highest BCUT2D eigenvalue weighted by Gasteiger charge is 2.07. The third-order valence-corrected chi connectivity index (χ3v) is 3.47. The Labute approximate surface area is 136 Å². The number of aromatic nitrogens is 1. The third kappa shape index (κ3) is 5.21. The summed E-state index contributed by atoms with van der Waals surface area (Å²) in [5, 5.41) is 13.3. The van der Waals surface area contributed by atoms with E-state index in [0.29, 0.717) is 12.8 Å². The van der Waals surface area contributed by atoms with Crippen molar-refractivity contribution in [3.8, 4) is 0 Å². The van der Waals surface area contributed by atoms with Crippen LogP contribution in [0.25, 0.3) is 0 Å². The van der Waals surface area contributed by atoms with Crippen LogP contribution in [-0.2, 0) is 4.79 Å². The van der Waals surface area contributed by atoms with Gasteiger partial charge in [-0.3, -0.25) is 15.2 Å². The molecule has 120 valence electrons. The van der Waals surface area contributed by atoms with Gasteiger partial charge in [0.1, 0.15) is 0 Å². The van der Waals surface area contributed by atoms with Crippen molar-refractivity contribution < 1.29 is 9.90 Å². The second-order valence-electron chi connectivity index (χ2n) is 5.45. The lowest BCUT2D eigenvalue weighted by Gasteiger charge is -2.09. The van der Waals surface area contributed by atoms with Gasteiger partial charge >= 0.3 is 5.97 Å². The van der Waals surface area contributed by atoms with Crippen LogP contribution in [0.1, 0.15) is 36.1 Å². The molecular weight excluding hydrogens is 290 g/mol. The molecule has 0 aliphatic carbocycles. The minimum atomic E-state index is -0.798. The zero-order valence-electron chi connectivity index (χ0n) is 13.4. The number of aliphatic carboxylic acids is 1. The van der Waals surface area contributed by atoms with Gasteiger partial charge in [0.05, 0.1) is 17.1 Å². The summed E-state index contributed by atoms with van der Waals surface area (Å²) < 4.78 is 0. The minimum Gasteiger partial charge on any atom is -0.481 e. The monoisotopic (exact) mass is 311 g/mol. The molecule has 0 unspecified atom stereocenters. The number of carboxylic acid groups (broad SMARTS) is 1. The summed E-state index contributed by atoms with van der Waals surface area (Å²) in [6.45, 7) is 4.04. The molecule has 23 heavy (non-hydrogen) atoms. The van der Waals surface area contributed by atoms with Crippen molar-refractivity contribution in [1.82, 2.24) is 4.98 Å². The van der Waals surface area contributed by atoms with Crippen molar-refractivity contribution in [2.24, 2.45) is 5.10 Å². The van der Waals surface area contributed by atoms with Gasteiger partial charge in [0, 0.05) is 12.6 Å². The Morgan fingerprint density at radius 3 is 2.74 bits per heavy atom. The van der Waals surface area contributed by atoms with Crippen LogP contribution >= 0.6 is 0 Å². The molecule has 0 saturated carbocycles. The Bertz CT molecular complexity index is 697. The molecule has 2 N–H and O–H groups in total. The standard InChI is InChI=1S/C18H21N3O2/c1-13-9-10-14(2)17(12-13)21-20-16(7-5-8-18(22)23)15-6-3-4-11-19-15/h3-4,6,9-12,21H,5,7-8H2,1-2H3,(H,22,23). The van der Waals surface area contributed by atoms with Gasteiger partial charge in [0.15, 0.2) is 0 Å². The molecule has 0 fully saturated rings. The van der Waals surface area contributed by atoms with E-state index in [1.54, 1.807) is 6.20 Å². The highest BCUT2D eigenvalue weighted by molar-refractivity contribution is 5.99. The van der Waals surface area contributed by atoms with Crippen LogP contribution in [-0.4, -0.2) is 21.8 Å². The van der Waals surface area contributed by atoms with E-state index in [1.165, 1.54) is 0 Å². The molecule has 0 aliphatic heterocycles. The molecule has 1 aromatic heterocycles. The summed E-state index contributed by atoms with van der Waals surface area (Å²) in [6.07, 6.45) is 2.91. The fraction of sp³-hybridized carbons (Fsp3) is 0.278. The average Bonchev–Trinajstić information content (AvgIpc) is 2.54. The molecule has 2 aromatic rings. The van der Waals surface area contributed by atoms with E-state index >= 15 is 0 Å². The number of nitrogens with zero attached hydrogens (tertiary/aromatic N) is 2. The van der Waals surface area contributed by atoms with Crippen LogP contribution in [0.4, 0.5) is 5.69 Å². The van der Waals surface area contributed by atoms with E-state index in [0.717, 1.165) is 28.2 Å². The van der Waals surface area contributed by atoms with Gasteiger partial charge in [-0.25, -0.2) is 0 Å². The van der Waals surface area contributed by atoms with Crippen molar-refractivity contribution in [3.63, 3.8) is 0 Å². The summed E-state index contributed by atoms with van der Waals surface area (Å²) in [5.74, 6) is -0.798. The SMILES string of the molecule is Cc1ccc(C)c(NN=C(CCCC(=O)O)c2ccccn2)c1. The maximum absolute atomic E-state index is 10.7. The smallest absolute Gasteiger partial charge is 0.303 e. The number of aryl methyl sites for hydroxylation is 2. The summed E-state index contributed by atoms with van der Waals surface area (Å²) in [5.41, 5.74) is 7.80. The Balaban J connectivity index is 2.18. The lowest BCUT2D eigenvalue weighted by molar-refractivity contribution is -0.137. The fourth-order valence-electron chi connectivity index (χ4n) is 2.17. The lowest BCUT2D eigenvalue weighted by Crippen LogP contribution is -2.08. The average molecular weight is 311 g/mol. The first-order valence-electron chi connectivity index (χ1n) is 7.59. The molecule has 1 aromatic carbocycles. The topological polar surface area (TPSA) is 74.6 Å². The zero-order chi connectivity index (χ0) is 16.7. The number of hydrazone groups is 1. The number of carbonyl (C=O) groups is 1. The number of rotatable bonds is 7. The Hall–Kier alpha value is -2.69. The summed E-state index contributed by atoms with van der Waals surface area (Å²) in [4.78, 5) is 15.0. The van der Waals surface area contributed by atoms with Crippen LogP contribution in [0.2, 0.25) is 0 Å². The van der Waals surface area contributed by atoms with Gasteiger partial charge < -0.3 is 5.11 Å². The largest absolute Gasteiger partial charge is 0.481 e. The van der Waals surface area contributed by atoms with Crippen LogP contribution in [0.3, 0.4) is 0 Å². The molecule has 0 bridgehead atoms. The Morgan fingerprint density at radius 2 is 2.04 bits per heavy atom. The number of carboxylic acids is 1. The first kappa shape index (κ1) is 16.7. The molecule has 0 amide bonds. The number of anilines is 1. The van der Waals surface area contributed by atoms with E-state index in [2.05, 4.69) is 21.6 Å². The molecule has 2 rings (SSSR count). The molecule has 5 heteroatoms. The highest BCUT2D eigenvalue weighted by atomic mass is 16.4. The predicted octanol–water partition coefficient (Wildman–Crippen LogP) is 3.77. The minimum absolute atomic E-state index is 0.120. The van der Waals surface area contributed by atoms with Crippen LogP contribution < -0.4 is 5.43 Å². The van der Waals surface area contributed by atoms with Gasteiger partial charge in [0.25, 0.3) is 0 Å². The number of nitrogens with one attached hydrogen (secondary N) is 1. The molecule has 0 aliphatic rings. The van der Waals surface area contributed by atoms with Crippen molar-refractivity contribution >= 4 is 17.4 Å². The summed E-state index contributed by atoms with van der Waals surface area (Å²) in [6, 6.07) is 11.7. The molecule has 0 radical (unpaired) electrons. The highest BCUT2D eigenvalue weighted by Crippen LogP contribution is 2.17. The van der Waals surface area contributed by atoms with Gasteiger partial charge in [-0.2, -0.15) is 5.10 Å². The second kappa shape index (κ2) is 8.08. The number of pyridine rings is 1. The van der Waals surface area contributed by atoms with Crippen LogP contribution in [0.5, 0.6) is 0 Å². The van der Waals surface area contributed by atoms with Gasteiger partial charge in [-0.05, 0) is 56.0 Å². The number of hydrogen-bond acceptors (Lipinski definition) is 4. The van der Waals surface area contributed by atoms with E-state index in [4.69, 9.17) is 5.11 Å². The van der Waals surface area contributed by atoms with E-state index in [-0.39, 0.29) is 6.42 Å². The van der Waals surface area contributed by atoms with Gasteiger partial charge in [0.2, 0.25) is 0 Å². The molecule has 0 spiro atoms. The maximum Gasteiger partial charge on any atom is 0.303 e. The Morgan fingerprint density at radius 1 is 1.22 bits per heavy atom. The van der Waals surface area contributed by atoms with E-state index in [9.17, 15) is 4.79 Å². The third-order valence-electron chi connectivity index (χ3n) is 3.47. The normalized spacial score (nSPS) is 11.3. The van der Waals surface area contributed by atoms with Crippen molar-refractivity contribution in [2.45, 2.75) is 33.1 Å². The van der Waals surface area contributed by atoms with Gasteiger partial charge in [-0.1, -0.05) is 18.2 Å². The predicted molar refractivity (Wildman–Crippen MR) is 91.8 cm³/mol. The quantitative estimate of drug-likeness (QED) is 0.603. The number of benzene rings is 1. The zero-order valence-corrected chi connectivity index (χ0v) is 13.4. The molecular formula is C18H21N3O2. The molecule has 1 heterocycles. The summed E-state index contributed by atoms with van der Waals surface area (Å²) in [7, 11) is 0. The van der Waals surface area contributed by atoms with E-state index < -0.39 is 5.97 Å². The Kier molecular flexibility index (Phi) is 5.86. The lowest BCUT2D eigenvalue weighted by atomic mass is 10.1. The van der Waals surface area contributed by atoms with Crippen LogP contribution in [0.15, 0.2) is 47.7 Å². The summed E-state index contributed by atoms with van der Waals surface area (Å²) >= 11 is 0. The van der Waals surface area contributed by atoms with Crippen molar-refractivity contribution in [2.75, 3.05) is 5.43 Å². The number of hydrogen-bond donors (Lipinski definition) is 2. The van der Waals surface area contributed by atoms with Crippen molar-refractivity contribution in [1.29, 1.82) is 0 Å². The van der Waals surface area contributed by atoms with Crippen LogP contribution in [0, 0.1) is 13.8 Å². The maximum atomic E-state index is 10.7. The fourth-order valence-corrected chi connectivity index (χ4v) is 2.17. The second-order valence-corrected chi connectivity index (χ2v) is 5.45. The first-order valence-corrected chi connectivity index (χ1v) is 7.59. The van der Waals surface area contributed by atoms with Gasteiger partial charge in [-0.15, -0.1) is 0 Å². The first-order chi connectivity index (χ1) is 11.1. The molecule has 0 atom stereocenters. The van der Waals surface area contributed by atoms with Crippen molar-refractivity contribution in [3.05, 3.63) is 59.4 Å². The molecule has 5 nitrogen and oxygen atoms in total. The molecule has 0 saturated heterocycles.